The fraction of sp³-hybridized carbons (Fsp3) is 0.571. The number of hydrogen-bond acceptors (Lipinski definition) is 5. The topological polar surface area (TPSA) is 100 Å². The second-order valence-electron chi connectivity index (χ2n) is 7.89. The molecule has 0 unspecified atom stereocenters. The summed E-state index contributed by atoms with van der Waals surface area (Å²) in [4.78, 5) is 11.0. The average molecular weight is 374 g/mol. The number of aromatic carboxylic acids is 1. The lowest BCUT2D eigenvalue weighted by molar-refractivity contribution is 0.0658. The predicted octanol–water partition coefficient (Wildman–Crippen LogP) is 3.21. The van der Waals surface area contributed by atoms with Crippen LogP contribution in [0.15, 0.2) is 34.8 Å². The van der Waals surface area contributed by atoms with Gasteiger partial charge in [0.15, 0.2) is 11.5 Å². The molecule has 0 bridgehead atoms. The Bertz CT molecular complexity index is 742. The zero-order chi connectivity index (χ0) is 19.0. The van der Waals surface area contributed by atoms with Crippen molar-refractivity contribution < 1.29 is 29.3 Å². The molecular weight excluding hydrogens is 348 g/mol. The summed E-state index contributed by atoms with van der Waals surface area (Å²) in [6, 6.07) is 3.00. The van der Waals surface area contributed by atoms with Crippen LogP contribution >= 0.6 is 0 Å². The van der Waals surface area contributed by atoms with Gasteiger partial charge >= 0.3 is 5.97 Å². The molecular formula is C21H26O6. The fourth-order valence-corrected chi connectivity index (χ4v) is 4.71. The minimum absolute atomic E-state index is 0.0463. The zero-order valence-corrected chi connectivity index (χ0v) is 15.2. The van der Waals surface area contributed by atoms with Crippen LogP contribution in [-0.4, -0.2) is 39.6 Å². The van der Waals surface area contributed by atoms with Gasteiger partial charge in [-0.2, -0.15) is 0 Å². The van der Waals surface area contributed by atoms with Crippen molar-refractivity contribution in [3.8, 4) is 0 Å². The van der Waals surface area contributed by atoms with Crippen molar-refractivity contribution in [1.82, 2.24) is 0 Å². The summed E-state index contributed by atoms with van der Waals surface area (Å²) >= 11 is 0. The van der Waals surface area contributed by atoms with E-state index in [9.17, 15) is 15.0 Å². The monoisotopic (exact) mass is 374 g/mol. The van der Waals surface area contributed by atoms with Crippen LogP contribution in [0.2, 0.25) is 0 Å². The lowest BCUT2D eigenvalue weighted by atomic mass is 9.87. The first kappa shape index (κ1) is 18.3. The summed E-state index contributed by atoms with van der Waals surface area (Å²) in [6.45, 7) is 0. The highest BCUT2D eigenvalue weighted by molar-refractivity contribution is 5.84. The zero-order valence-electron chi connectivity index (χ0n) is 15.2. The van der Waals surface area contributed by atoms with E-state index in [-0.39, 0.29) is 23.7 Å². The van der Waals surface area contributed by atoms with Crippen molar-refractivity contribution in [2.24, 2.45) is 17.8 Å². The van der Waals surface area contributed by atoms with Gasteiger partial charge < -0.3 is 24.5 Å². The first-order valence-corrected chi connectivity index (χ1v) is 9.77. The van der Waals surface area contributed by atoms with Crippen molar-refractivity contribution in [3.05, 3.63) is 41.9 Å². The van der Waals surface area contributed by atoms with Gasteiger partial charge in [-0.05, 0) is 43.4 Å². The summed E-state index contributed by atoms with van der Waals surface area (Å²) in [5.41, 5.74) is 0. The molecule has 0 spiro atoms. The Morgan fingerprint density at radius 2 is 2.04 bits per heavy atom. The number of aliphatic hydroxyl groups excluding tert-OH is 2. The van der Waals surface area contributed by atoms with Crippen LogP contribution in [-0.2, 0) is 4.74 Å². The number of aliphatic hydroxyl groups is 2. The summed E-state index contributed by atoms with van der Waals surface area (Å²) in [6.07, 6.45) is 10.4. The van der Waals surface area contributed by atoms with Gasteiger partial charge in [-0.1, -0.05) is 25.0 Å². The third-order valence-corrected chi connectivity index (χ3v) is 6.22. The normalized spacial score (nSPS) is 32.3. The molecule has 6 heteroatoms. The van der Waals surface area contributed by atoms with E-state index in [0.717, 1.165) is 12.8 Å². The van der Waals surface area contributed by atoms with E-state index in [1.807, 2.05) is 18.2 Å². The highest BCUT2D eigenvalue weighted by Crippen LogP contribution is 2.43. The van der Waals surface area contributed by atoms with E-state index in [2.05, 4.69) is 0 Å². The molecule has 27 heavy (non-hydrogen) atoms. The maximum atomic E-state index is 11.0. The maximum Gasteiger partial charge on any atom is 0.371 e. The van der Waals surface area contributed by atoms with Gasteiger partial charge in [0, 0.05) is 18.3 Å². The molecule has 2 saturated carbocycles. The molecule has 0 amide bonds. The number of rotatable bonds is 5. The van der Waals surface area contributed by atoms with Crippen LogP contribution in [0, 0.1) is 17.8 Å². The Hall–Kier alpha value is -2.05. The second-order valence-corrected chi connectivity index (χ2v) is 7.89. The van der Waals surface area contributed by atoms with Crippen LogP contribution in [0.1, 0.15) is 54.8 Å². The molecule has 0 radical (unpaired) electrons. The third kappa shape index (κ3) is 3.69. The minimum Gasteiger partial charge on any atom is -0.486 e. The van der Waals surface area contributed by atoms with E-state index in [1.54, 1.807) is 6.07 Å². The van der Waals surface area contributed by atoms with Gasteiger partial charge in [-0.3, -0.25) is 0 Å². The van der Waals surface area contributed by atoms with Gasteiger partial charge in [0.25, 0.3) is 0 Å². The standard InChI is InChI=1S/C21H26O6/c22-15(12-3-1-2-4-12)7-5-13-14-6-8-17(27-20(14)11-16(13)23)18-9-10-19(26-18)21(24)25/h5,7-10,12-16,20,22-23H,1-4,6,11H2,(H,24,25)/b7-5+/t13-,14-,15-,16-,20+/m1/s1. The van der Waals surface area contributed by atoms with Gasteiger partial charge in [0.1, 0.15) is 6.10 Å². The van der Waals surface area contributed by atoms with E-state index < -0.39 is 18.2 Å². The van der Waals surface area contributed by atoms with Crippen molar-refractivity contribution in [2.75, 3.05) is 0 Å². The average Bonchev–Trinajstić information content (AvgIpc) is 3.38. The number of carboxylic acid groups (broad SMARTS) is 1. The highest BCUT2D eigenvalue weighted by Gasteiger charge is 2.44. The third-order valence-electron chi connectivity index (χ3n) is 6.22. The molecule has 1 aliphatic heterocycles. The van der Waals surface area contributed by atoms with Gasteiger partial charge in [0.05, 0.1) is 12.2 Å². The Labute approximate surface area is 158 Å². The molecule has 2 heterocycles. The first-order valence-electron chi connectivity index (χ1n) is 9.77. The summed E-state index contributed by atoms with van der Waals surface area (Å²) in [5.74, 6) is 0.136. The molecule has 6 nitrogen and oxygen atoms in total. The molecule has 0 aromatic carbocycles. The number of furan rings is 1. The SMILES string of the molecule is O=C(O)c1ccc(C2=CC[C@@H]3[C@@H](/C=C/[C@@H](O)C4CCCC4)[C@H](O)C[C@@H]3O2)o1. The number of carboxylic acids is 1. The molecule has 146 valence electrons. The Morgan fingerprint density at radius 1 is 1.26 bits per heavy atom. The smallest absolute Gasteiger partial charge is 0.371 e. The molecule has 4 rings (SSSR count). The van der Waals surface area contributed by atoms with Gasteiger partial charge in [-0.25, -0.2) is 4.79 Å². The van der Waals surface area contributed by atoms with E-state index >= 15 is 0 Å². The Balaban J connectivity index is 1.44. The molecule has 1 aromatic rings. The minimum atomic E-state index is -1.11. The quantitative estimate of drug-likeness (QED) is 0.684. The van der Waals surface area contributed by atoms with Gasteiger partial charge in [0.2, 0.25) is 5.76 Å². The lowest BCUT2D eigenvalue weighted by Gasteiger charge is -2.28. The number of hydrogen-bond donors (Lipinski definition) is 3. The number of fused-ring (bicyclic) bond motifs is 1. The first-order chi connectivity index (χ1) is 13.0. The Kier molecular flexibility index (Phi) is 5.10. The summed E-state index contributed by atoms with van der Waals surface area (Å²) in [7, 11) is 0. The molecule has 1 aromatic heterocycles. The molecule has 5 atom stereocenters. The van der Waals surface area contributed by atoms with Crippen molar-refractivity contribution in [1.29, 1.82) is 0 Å². The fourth-order valence-electron chi connectivity index (χ4n) is 4.71. The van der Waals surface area contributed by atoms with Crippen molar-refractivity contribution in [2.45, 2.75) is 56.8 Å². The number of ether oxygens (including phenoxy) is 1. The molecule has 0 saturated heterocycles. The van der Waals surface area contributed by atoms with E-state index in [4.69, 9.17) is 14.3 Å². The molecule has 2 fully saturated rings. The van der Waals surface area contributed by atoms with Crippen LogP contribution in [0.4, 0.5) is 0 Å². The predicted molar refractivity (Wildman–Crippen MR) is 97.8 cm³/mol. The molecule has 3 aliphatic rings. The maximum absolute atomic E-state index is 11.0. The largest absolute Gasteiger partial charge is 0.486 e. The van der Waals surface area contributed by atoms with E-state index in [1.165, 1.54) is 18.9 Å². The highest BCUT2D eigenvalue weighted by atomic mass is 16.5. The number of allylic oxidation sites excluding steroid dienone is 1. The van der Waals surface area contributed by atoms with Crippen LogP contribution < -0.4 is 0 Å². The summed E-state index contributed by atoms with van der Waals surface area (Å²) in [5, 5.41) is 29.8. The Morgan fingerprint density at radius 3 is 2.74 bits per heavy atom. The lowest BCUT2D eigenvalue weighted by Crippen LogP contribution is -2.25. The van der Waals surface area contributed by atoms with Crippen LogP contribution in [0.3, 0.4) is 0 Å². The molecule has 2 aliphatic carbocycles. The van der Waals surface area contributed by atoms with Crippen LogP contribution in [0.25, 0.3) is 5.76 Å². The van der Waals surface area contributed by atoms with E-state index in [0.29, 0.717) is 30.3 Å². The number of carbonyl (C=O) groups is 1. The van der Waals surface area contributed by atoms with Crippen molar-refractivity contribution >= 4 is 11.7 Å². The molecule has 3 N–H and O–H groups in total. The van der Waals surface area contributed by atoms with Gasteiger partial charge in [-0.15, -0.1) is 0 Å². The van der Waals surface area contributed by atoms with Crippen molar-refractivity contribution in [3.63, 3.8) is 0 Å². The summed E-state index contributed by atoms with van der Waals surface area (Å²) < 4.78 is 11.3. The second kappa shape index (κ2) is 7.52. The van der Waals surface area contributed by atoms with Crippen LogP contribution in [0.5, 0.6) is 0 Å².